The van der Waals surface area contributed by atoms with Crippen molar-refractivity contribution in [2.45, 2.75) is 89.0 Å². The van der Waals surface area contributed by atoms with E-state index in [1.54, 1.807) is 75.8 Å². The van der Waals surface area contributed by atoms with Crippen LogP contribution in [0.15, 0.2) is 78.9 Å². The number of nitrogens with zero attached hydrogens (tertiary/aromatic N) is 1. The molecule has 10 nitrogen and oxygen atoms in total. The number of ether oxygens (including phenoxy) is 4. The van der Waals surface area contributed by atoms with Gasteiger partial charge in [0.2, 0.25) is 11.8 Å². The Labute approximate surface area is 329 Å². The molecule has 0 bridgehead atoms. The van der Waals surface area contributed by atoms with E-state index in [2.05, 4.69) is 11.7 Å². The first-order chi connectivity index (χ1) is 24.6. The van der Waals surface area contributed by atoms with Gasteiger partial charge in [0.1, 0.15) is 11.5 Å². The number of anilines is 1. The summed E-state index contributed by atoms with van der Waals surface area (Å²) in [5, 5.41) is 0. The number of amides is 2. The highest BCUT2D eigenvalue weighted by molar-refractivity contribution is 6.22. The number of rotatable bonds is 11. The van der Waals surface area contributed by atoms with Gasteiger partial charge in [-0.15, -0.1) is 0 Å². The number of methoxy groups -OCH3 is 1. The van der Waals surface area contributed by atoms with Crippen LogP contribution >= 0.6 is 0 Å². The summed E-state index contributed by atoms with van der Waals surface area (Å²) in [5.41, 5.74) is 1.73. The van der Waals surface area contributed by atoms with Crippen molar-refractivity contribution in [1.29, 1.82) is 0 Å². The lowest BCUT2D eigenvalue weighted by Gasteiger charge is -2.33. The van der Waals surface area contributed by atoms with Gasteiger partial charge in [0, 0.05) is 26.2 Å². The largest absolute Gasteiger partial charge is 0.463 e. The SMILES string of the molecule is C.C.C.C.CCOC(=O)/C=C/c1ccc(C(=O)Oc2ccc(C(=O)Oc3ccc(N4C(=O)C(C)C(C(CC)C5CCCCC5)C4=O)cc3)cc2)cc1.COC. The Kier molecular flexibility index (Phi) is 22.1. The highest BCUT2D eigenvalue weighted by atomic mass is 16.5. The Bertz CT molecular complexity index is 1670. The van der Waals surface area contributed by atoms with Gasteiger partial charge >= 0.3 is 17.9 Å². The van der Waals surface area contributed by atoms with E-state index >= 15 is 0 Å². The fourth-order valence-electron chi connectivity index (χ4n) is 6.82. The van der Waals surface area contributed by atoms with Crippen LogP contribution in [0.2, 0.25) is 0 Å². The number of benzene rings is 3. The minimum absolute atomic E-state index is 0. The van der Waals surface area contributed by atoms with Crippen LogP contribution in [0.1, 0.15) is 115 Å². The second-order valence-electron chi connectivity index (χ2n) is 12.7. The highest BCUT2D eigenvalue weighted by Gasteiger charge is 2.50. The zero-order chi connectivity index (χ0) is 36.9. The molecule has 0 radical (unpaired) electrons. The van der Waals surface area contributed by atoms with Crippen molar-refractivity contribution in [2.75, 3.05) is 25.7 Å². The maximum atomic E-state index is 13.6. The molecule has 3 unspecified atom stereocenters. The van der Waals surface area contributed by atoms with Gasteiger partial charge in [-0.1, -0.05) is 94.2 Å². The van der Waals surface area contributed by atoms with Crippen LogP contribution in [-0.2, 0) is 23.9 Å². The summed E-state index contributed by atoms with van der Waals surface area (Å²) in [6.07, 6.45) is 9.61. The third-order valence-electron chi connectivity index (χ3n) is 9.29. The summed E-state index contributed by atoms with van der Waals surface area (Å²) in [6.45, 7) is 6.00. The minimum atomic E-state index is -0.618. The molecule has 55 heavy (non-hydrogen) atoms. The molecule has 2 amide bonds. The fourth-order valence-corrected chi connectivity index (χ4v) is 6.82. The standard InChI is InChI=1S/C39H41NO8.C2H6O.4CH4/c1-4-33(27-9-7-6-8-10-27)35-25(3)36(42)40(37(35)43)30-18-22-32(23-19-30)48-39(45)29-16-20-31(21-17-29)47-38(44)28-14-11-26(12-15-28)13-24-34(41)46-5-2;1-3-2;;;;/h11-25,27,33,35H,4-10H2,1-3H3;1-2H3;4*1H4/b24-13+;;;;;. The van der Waals surface area contributed by atoms with Crippen LogP contribution in [0.3, 0.4) is 0 Å². The van der Waals surface area contributed by atoms with E-state index in [0.717, 1.165) is 19.3 Å². The van der Waals surface area contributed by atoms with Gasteiger partial charge in [-0.05, 0) is 91.1 Å². The van der Waals surface area contributed by atoms with Crippen molar-refractivity contribution < 1.29 is 42.9 Å². The third kappa shape index (κ3) is 13.0. The minimum Gasteiger partial charge on any atom is -0.463 e. The molecule has 1 aliphatic heterocycles. The van der Waals surface area contributed by atoms with E-state index < -0.39 is 17.9 Å². The van der Waals surface area contributed by atoms with E-state index in [-0.39, 0.29) is 82.9 Å². The Morgan fingerprint density at radius 3 is 1.67 bits per heavy atom. The Morgan fingerprint density at radius 1 is 0.727 bits per heavy atom. The number of carbonyl (C=O) groups excluding carboxylic acids is 5. The molecule has 0 aromatic heterocycles. The van der Waals surface area contributed by atoms with Crippen molar-refractivity contribution >= 4 is 41.5 Å². The smallest absolute Gasteiger partial charge is 0.343 e. The van der Waals surface area contributed by atoms with Gasteiger partial charge in [-0.2, -0.15) is 0 Å². The van der Waals surface area contributed by atoms with Gasteiger partial charge in [0.15, 0.2) is 0 Å². The van der Waals surface area contributed by atoms with E-state index in [1.165, 1.54) is 54.5 Å². The van der Waals surface area contributed by atoms with Crippen LogP contribution in [0.25, 0.3) is 6.08 Å². The zero-order valence-corrected chi connectivity index (χ0v) is 30.0. The summed E-state index contributed by atoms with van der Waals surface area (Å²) < 4.78 is 20.1. The first kappa shape index (κ1) is 49.9. The molecule has 0 N–H and O–H groups in total. The zero-order valence-electron chi connectivity index (χ0n) is 30.0. The molecular formula is C45H63NO9. The Hall–Kier alpha value is -5.09. The average Bonchev–Trinajstić information content (AvgIpc) is 3.36. The van der Waals surface area contributed by atoms with Crippen molar-refractivity contribution in [1.82, 2.24) is 0 Å². The topological polar surface area (TPSA) is 126 Å². The quantitative estimate of drug-likeness (QED) is 0.0812. The second kappa shape index (κ2) is 24.3. The molecule has 1 saturated carbocycles. The molecule has 10 heteroatoms. The number of esters is 3. The van der Waals surface area contributed by atoms with Crippen molar-refractivity contribution in [2.24, 2.45) is 23.7 Å². The van der Waals surface area contributed by atoms with E-state index in [0.29, 0.717) is 22.7 Å². The van der Waals surface area contributed by atoms with Gasteiger partial charge in [-0.25, -0.2) is 14.4 Å². The molecule has 3 aromatic carbocycles. The molecule has 2 fully saturated rings. The lowest BCUT2D eigenvalue weighted by Crippen LogP contribution is -2.34. The first-order valence-electron chi connectivity index (χ1n) is 17.5. The predicted octanol–water partition coefficient (Wildman–Crippen LogP) is 10.2. The maximum absolute atomic E-state index is 13.6. The summed E-state index contributed by atoms with van der Waals surface area (Å²) >= 11 is 0. The number of hydrogen-bond acceptors (Lipinski definition) is 9. The van der Waals surface area contributed by atoms with Crippen LogP contribution < -0.4 is 14.4 Å². The van der Waals surface area contributed by atoms with Crippen molar-refractivity contribution in [3.05, 3.63) is 95.6 Å². The van der Waals surface area contributed by atoms with Crippen LogP contribution in [-0.4, -0.2) is 50.5 Å². The second-order valence-corrected chi connectivity index (χ2v) is 12.7. The van der Waals surface area contributed by atoms with Crippen molar-refractivity contribution in [3.63, 3.8) is 0 Å². The van der Waals surface area contributed by atoms with Crippen LogP contribution in [0.4, 0.5) is 5.69 Å². The first-order valence-corrected chi connectivity index (χ1v) is 17.5. The van der Waals surface area contributed by atoms with E-state index in [1.807, 2.05) is 6.92 Å². The highest BCUT2D eigenvalue weighted by Crippen LogP contribution is 2.43. The molecule has 1 heterocycles. The fraction of sp³-hybridized carbons (Fsp3) is 0.444. The van der Waals surface area contributed by atoms with Gasteiger partial charge < -0.3 is 18.9 Å². The van der Waals surface area contributed by atoms with Gasteiger partial charge in [0.25, 0.3) is 0 Å². The lowest BCUT2D eigenvalue weighted by atomic mass is 9.70. The van der Waals surface area contributed by atoms with Gasteiger partial charge in [0.05, 0.1) is 29.3 Å². The molecule has 1 saturated heterocycles. The summed E-state index contributed by atoms with van der Waals surface area (Å²) in [4.78, 5) is 65.2. The molecule has 5 rings (SSSR count). The van der Waals surface area contributed by atoms with Gasteiger partial charge in [-0.3, -0.25) is 14.5 Å². The summed E-state index contributed by atoms with van der Waals surface area (Å²) in [5.74, 6) is -1.51. The molecule has 302 valence electrons. The normalized spacial score (nSPS) is 16.9. The molecule has 3 aromatic rings. The number of hydrogen-bond donors (Lipinski definition) is 0. The summed E-state index contributed by atoms with van der Waals surface area (Å²) in [6, 6.07) is 18.9. The molecular weight excluding hydrogens is 698 g/mol. The average molecular weight is 762 g/mol. The Morgan fingerprint density at radius 2 is 1.20 bits per heavy atom. The third-order valence-corrected chi connectivity index (χ3v) is 9.29. The predicted molar refractivity (Wildman–Crippen MR) is 220 cm³/mol. The number of imide groups is 1. The molecule has 2 aliphatic rings. The summed E-state index contributed by atoms with van der Waals surface area (Å²) in [7, 11) is 3.25. The lowest BCUT2D eigenvalue weighted by molar-refractivity contribution is -0.137. The molecule has 1 aliphatic carbocycles. The van der Waals surface area contributed by atoms with Crippen LogP contribution in [0.5, 0.6) is 11.5 Å². The van der Waals surface area contributed by atoms with E-state index in [4.69, 9.17) is 14.2 Å². The molecule has 3 atom stereocenters. The van der Waals surface area contributed by atoms with E-state index in [9.17, 15) is 24.0 Å². The monoisotopic (exact) mass is 761 g/mol. The number of carbonyl (C=O) groups is 5. The van der Waals surface area contributed by atoms with Crippen molar-refractivity contribution in [3.8, 4) is 11.5 Å². The maximum Gasteiger partial charge on any atom is 0.343 e. The Balaban J connectivity index is 0.00000403. The van der Waals surface area contributed by atoms with Crippen LogP contribution in [0, 0.1) is 23.7 Å². The molecule has 0 spiro atoms.